The number of nitrogens with two attached hydrogens (primary N) is 1. The molecule has 0 radical (unpaired) electrons. The first-order chi connectivity index (χ1) is 20.4. The molecule has 20 nitrogen and oxygen atoms in total. The van der Waals surface area contributed by atoms with Crippen LogP contribution in [-0.4, -0.2) is 61.5 Å². The lowest BCUT2D eigenvalue weighted by atomic mass is 10.1. The fraction of sp³-hybridized carbons (Fsp3) is 0.368. The van der Waals surface area contributed by atoms with Crippen molar-refractivity contribution in [3.05, 3.63) is 39.8 Å². The molecule has 2 aromatic heterocycles. The van der Waals surface area contributed by atoms with Crippen molar-refractivity contribution in [3.63, 3.8) is 0 Å². The molecule has 3 aromatic rings. The molecule has 2 aliphatic heterocycles. The van der Waals surface area contributed by atoms with Crippen LogP contribution in [-0.2, 0) is 45.8 Å². The molecule has 8 atom stereocenters. The Balaban J connectivity index is 1.39. The van der Waals surface area contributed by atoms with Crippen molar-refractivity contribution in [1.82, 2.24) is 19.5 Å². The number of nitrogens with zero attached hydrogens (tertiary/aromatic N) is 3. The maximum absolute atomic E-state index is 13.1. The minimum absolute atomic E-state index is 0.0443. The highest BCUT2D eigenvalue weighted by Gasteiger charge is 2.55. The predicted octanol–water partition coefficient (Wildman–Crippen LogP) is 0.126. The van der Waals surface area contributed by atoms with Gasteiger partial charge in [0.25, 0.3) is 29.4 Å². The van der Waals surface area contributed by atoms with Gasteiger partial charge < -0.3 is 54.3 Å². The summed E-state index contributed by atoms with van der Waals surface area (Å²) >= 11 is 11.1. The molecule has 2 fully saturated rings. The second-order valence-electron chi connectivity index (χ2n) is 9.15. The maximum atomic E-state index is 13.1. The van der Waals surface area contributed by atoms with Crippen LogP contribution in [0.5, 0.6) is 0 Å². The third-order valence-electron chi connectivity index (χ3n) is 6.05. The van der Waals surface area contributed by atoms with Crippen LogP contribution in [0.15, 0.2) is 24.5 Å². The van der Waals surface area contributed by atoms with E-state index in [2.05, 4.69) is 33.4 Å². The summed E-state index contributed by atoms with van der Waals surface area (Å²) in [5.41, 5.74) is 7.23. The zero-order valence-corrected chi connectivity index (χ0v) is 26.0. The number of hydrogen-bond acceptors (Lipinski definition) is 17. The van der Waals surface area contributed by atoms with E-state index in [0.29, 0.717) is 16.3 Å². The van der Waals surface area contributed by atoms with Crippen molar-refractivity contribution in [1.29, 1.82) is 0 Å². The molecule has 2 saturated heterocycles. The second kappa shape index (κ2) is 12.2. The van der Waals surface area contributed by atoms with Gasteiger partial charge in [-0.05, 0) is 30.7 Å². The molecule has 44 heavy (non-hydrogen) atoms. The minimum atomic E-state index is -6.15. The molecule has 25 heteroatoms. The van der Waals surface area contributed by atoms with Gasteiger partial charge in [0.15, 0.2) is 16.8 Å². The Hall–Kier alpha value is -2.16. The number of ether oxygens (including phenoxy) is 3. The molecule has 0 saturated carbocycles. The quantitative estimate of drug-likeness (QED) is 0.160. The number of carbonyl (C=O) groups is 1. The third kappa shape index (κ3) is 7.45. The number of anilines is 2. The van der Waals surface area contributed by atoms with Gasteiger partial charge in [-0.3, -0.25) is 23.1 Å². The molecule has 4 heterocycles. The van der Waals surface area contributed by atoms with Gasteiger partial charge in [0.2, 0.25) is 6.29 Å². The van der Waals surface area contributed by atoms with Crippen LogP contribution in [0.3, 0.4) is 0 Å². The van der Waals surface area contributed by atoms with Gasteiger partial charge in [-0.15, -0.1) is 0 Å². The molecule has 240 valence electrons. The summed E-state index contributed by atoms with van der Waals surface area (Å²) in [6, 6.07) is 4.71. The first kappa shape index (κ1) is 33.2. The van der Waals surface area contributed by atoms with Crippen LogP contribution in [0.4, 0.5) is 11.6 Å². The Morgan fingerprint density at radius 2 is 1.91 bits per heavy atom. The van der Waals surface area contributed by atoms with E-state index in [1.54, 1.807) is 25.1 Å². The number of phosphoric ester groups is 1. The fourth-order valence-electron chi connectivity index (χ4n) is 4.37. The van der Waals surface area contributed by atoms with E-state index in [1.165, 1.54) is 10.9 Å². The van der Waals surface area contributed by atoms with Gasteiger partial charge in [0.1, 0.15) is 29.5 Å². The number of carbonyl (C=O) groups excluding carboxylic acids is 1. The molecule has 1 amide bonds. The Morgan fingerprint density at radius 3 is 2.59 bits per heavy atom. The number of aryl methyl sites for hydroxylation is 1. The van der Waals surface area contributed by atoms with E-state index in [-0.39, 0.29) is 21.8 Å². The Bertz CT molecular complexity index is 1820. The van der Waals surface area contributed by atoms with Crippen LogP contribution < -0.4 is 25.7 Å². The lowest BCUT2D eigenvalue weighted by Gasteiger charge is -2.33. The number of nitrogen functional groups attached to an aromatic ring is 1. The number of aromatic nitrogens is 4. The average Bonchev–Trinajstić information content (AvgIpc) is 3.56. The van der Waals surface area contributed by atoms with E-state index in [9.17, 15) is 33.2 Å². The average molecular weight is 716 g/mol. The van der Waals surface area contributed by atoms with Crippen molar-refractivity contribution < 1.29 is 65.4 Å². The molecule has 5 rings (SSSR count). The molecule has 0 spiro atoms. The zero-order valence-electron chi connectivity index (χ0n) is 21.7. The summed E-state index contributed by atoms with van der Waals surface area (Å²) in [6.45, 7) is 0.705. The highest BCUT2D eigenvalue weighted by molar-refractivity contribution is 7.71. The minimum Gasteiger partial charge on any atom is -0.756 e. The Kier molecular flexibility index (Phi) is 9.22. The van der Waals surface area contributed by atoms with Gasteiger partial charge in [0.05, 0.1) is 12.9 Å². The molecule has 5 N–H and O–H groups in total. The number of nitrogens with one attached hydrogen (secondary N) is 2. The number of hydrogen-bond donors (Lipinski definition) is 4. The molecular weight excluding hydrogens is 697 g/mol. The number of phosphoric acid groups is 3. The summed E-state index contributed by atoms with van der Waals surface area (Å²) in [7, 11) is -18.0. The van der Waals surface area contributed by atoms with Gasteiger partial charge >= 0.3 is 0 Å². The van der Waals surface area contributed by atoms with Crippen LogP contribution in [0.2, 0.25) is 5.02 Å². The first-order valence-electron chi connectivity index (χ1n) is 11.9. The molecule has 2 aliphatic rings. The van der Waals surface area contributed by atoms with E-state index < -0.39 is 66.8 Å². The predicted molar refractivity (Wildman–Crippen MR) is 143 cm³/mol. The van der Waals surface area contributed by atoms with Crippen molar-refractivity contribution in [3.8, 4) is 0 Å². The molecule has 7 unspecified atom stereocenters. The topological polar surface area (TPSA) is 298 Å². The van der Waals surface area contributed by atoms with Crippen molar-refractivity contribution in [2.45, 2.75) is 37.8 Å². The molecule has 1 aromatic carbocycles. The van der Waals surface area contributed by atoms with Crippen LogP contribution in [0, 0.1) is 11.6 Å². The highest BCUT2D eigenvalue weighted by atomic mass is 35.5. The SMILES string of the molecule is Cc1cc(Cl)ccc1NC(=O)[C@@H]1OC2C(COP(=O)([O-])OP(=O)([O-])OP(=O)([O-])O)OC(n3cnc4c(=S)nc(N)[nH]c43)C2O1. The summed E-state index contributed by atoms with van der Waals surface area (Å²) in [4.78, 5) is 66.9. The molecular formula is C19H19ClN6O14P3S-3. The summed E-state index contributed by atoms with van der Waals surface area (Å²) in [5.74, 6) is -0.822. The Morgan fingerprint density at radius 1 is 1.20 bits per heavy atom. The Labute approximate surface area is 255 Å². The van der Waals surface area contributed by atoms with Gasteiger partial charge in [-0.2, -0.15) is 0 Å². The number of aromatic amines is 1. The normalized spacial score (nSPS) is 27.4. The standard InChI is InChI=1S/C19H22ClN6O14P3S/c1-7-4-8(20)2-3-9(7)23-15(27)18-37-12-10(5-35-42(31,32)40-43(33,34)39-41(28,29)30)36-17(13(12)38-18)26-6-22-11-14(26)24-19(21)25-16(11)44/h2-4,6,10,12-13,17-18H,5H2,1H3,(H,23,27)(H,31,32)(H,33,34)(H2,28,29,30)(H3,21,24,25,44)/p-3/t10?,12?,13?,17?,18-/m1/s1. The number of rotatable bonds is 10. The van der Waals surface area contributed by atoms with Gasteiger partial charge in [-0.1, -0.05) is 23.8 Å². The van der Waals surface area contributed by atoms with E-state index in [1.807, 2.05) is 0 Å². The third-order valence-corrected chi connectivity index (χ3v) is 10.3. The van der Waals surface area contributed by atoms with Crippen molar-refractivity contribution in [2.75, 3.05) is 17.7 Å². The monoisotopic (exact) mass is 715 g/mol. The smallest absolute Gasteiger partial charge is 0.281 e. The number of fused-ring (bicyclic) bond motifs is 2. The lowest BCUT2D eigenvalue weighted by molar-refractivity contribution is -0.250. The van der Waals surface area contributed by atoms with Crippen LogP contribution in [0.1, 0.15) is 11.8 Å². The lowest BCUT2D eigenvalue weighted by Crippen LogP contribution is -2.34. The van der Waals surface area contributed by atoms with Crippen molar-refractivity contribution in [2.24, 2.45) is 0 Å². The molecule has 0 aliphatic carbocycles. The largest absolute Gasteiger partial charge is 0.756 e. The number of imidazole rings is 1. The highest BCUT2D eigenvalue weighted by Crippen LogP contribution is 2.61. The number of H-pyrrole nitrogens is 1. The first-order valence-corrected chi connectivity index (χ1v) is 17.1. The van der Waals surface area contributed by atoms with Gasteiger partial charge in [0, 0.05) is 10.7 Å². The van der Waals surface area contributed by atoms with E-state index in [4.69, 9.17) is 48.7 Å². The summed E-state index contributed by atoms with van der Waals surface area (Å²) < 4.78 is 64.9. The summed E-state index contributed by atoms with van der Waals surface area (Å²) in [6.07, 6.45) is -5.23. The maximum Gasteiger partial charge on any atom is 0.281 e. The van der Waals surface area contributed by atoms with Gasteiger partial charge in [-0.25, -0.2) is 18.6 Å². The zero-order chi connectivity index (χ0) is 32.2. The van der Waals surface area contributed by atoms with Crippen molar-refractivity contribution >= 4 is 76.0 Å². The van der Waals surface area contributed by atoms with Crippen LogP contribution >= 0.6 is 47.3 Å². The number of amides is 1. The van der Waals surface area contributed by atoms with E-state index in [0.717, 1.165) is 0 Å². The summed E-state index contributed by atoms with van der Waals surface area (Å²) in [5, 5.41) is 3.07. The van der Waals surface area contributed by atoms with Crippen LogP contribution in [0.25, 0.3) is 11.2 Å². The molecule has 0 bridgehead atoms. The second-order valence-corrected chi connectivity index (χ2v) is 14.3. The number of benzene rings is 1. The fourth-order valence-corrected chi connectivity index (χ4v) is 7.74. The van der Waals surface area contributed by atoms with E-state index >= 15 is 0 Å². The number of halogens is 1.